The summed E-state index contributed by atoms with van der Waals surface area (Å²) >= 11 is 0. The van der Waals surface area contributed by atoms with Crippen molar-refractivity contribution >= 4 is 0 Å². The molecule has 1 aromatic carbocycles. The minimum absolute atomic E-state index is 0.128. The Morgan fingerprint density at radius 2 is 2.06 bits per heavy atom. The van der Waals surface area contributed by atoms with Crippen LogP contribution in [0.4, 0.5) is 8.78 Å². The van der Waals surface area contributed by atoms with Crippen molar-refractivity contribution in [3.8, 4) is 0 Å². The lowest BCUT2D eigenvalue weighted by Crippen LogP contribution is -2.23. The van der Waals surface area contributed by atoms with Gasteiger partial charge in [-0.25, -0.2) is 8.78 Å². The van der Waals surface area contributed by atoms with Crippen LogP contribution in [0.1, 0.15) is 30.7 Å². The Hall–Kier alpha value is -0.960. The van der Waals surface area contributed by atoms with E-state index in [-0.39, 0.29) is 5.92 Å². The SMILES string of the molecule is CN1CCCCC(c2cccc(F)c2F)C1. The maximum atomic E-state index is 13.7. The molecule has 0 aliphatic carbocycles. The monoisotopic (exact) mass is 225 g/mol. The number of halogens is 2. The third-order valence-electron chi connectivity index (χ3n) is 3.30. The molecular formula is C13H17F2N. The Bertz CT molecular complexity index is 365. The molecule has 1 nitrogen and oxygen atoms in total. The minimum Gasteiger partial charge on any atom is -0.306 e. The van der Waals surface area contributed by atoms with Gasteiger partial charge in [-0.1, -0.05) is 18.6 Å². The minimum atomic E-state index is -0.732. The van der Waals surface area contributed by atoms with Crippen molar-refractivity contribution in [2.24, 2.45) is 0 Å². The highest BCUT2D eigenvalue weighted by atomic mass is 19.2. The van der Waals surface area contributed by atoms with Crippen molar-refractivity contribution < 1.29 is 8.78 Å². The molecule has 0 radical (unpaired) electrons. The molecule has 2 rings (SSSR count). The highest BCUT2D eigenvalue weighted by molar-refractivity contribution is 5.23. The molecule has 1 saturated heterocycles. The second-order valence-electron chi connectivity index (χ2n) is 4.60. The fourth-order valence-corrected chi connectivity index (χ4v) is 2.42. The molecule has 1 aromatic rings. The average Bonchev–Trinajstić information content (AvgIpc) is 2.47. The predicted octanol–water partition coefficient (Wildman–Crippen LogP) is 3.16. The van der Waals surface area contributed by atoms with Gasteiger partial charge < -0.3 is 4.90 Å². The molecule has 0 aromatic heterocycles. The van der Waals surface area contributed by atoms with Crippen LogP contribution in [-0.2, 0) is 0 Å². The van der Waals surface area contributed by atoms with Gasteiger partial charge >= 0.3 is 0 Å². The van der Waals surface area contributed by atoms with E-state index in [1.165, 1.54) is 6.07 Å². The third-order valence-corrected chi connectivity index (χ3v) is 3.30. The van der Waals surface area contributed by atoms with Crippen LogP contribution in [0.2, 0.25) is 0 Å². The van der Waals surface area contributed by atoms with E-state index in [1.807, 2.05) is 7.05 Å². The molecule has 16 heavy (non-hydrogen) atoms. The van der Waals surface area contributed by atoms with E-state index >= 15 is 0 Å². The van der Waals surface area contributed by atoms with Gasteiger partial charge in [-0.15, -0.1) is 0 Å². The van der Waals surface area contributed by atoms with Crippen molar-refractivity contribution in [2.75, 3.05) is 20.1 Å². The lowest BCUT2D eigenvalue weighted by atomic mass is 9.94. The van der Waals surface area contributed by atoms with Gasteiger partial charge in [0.05, 0.1) is 0 Å². The molecule has 1 aliphatic heterocycles. The van der Waals surface area contributed by atoms with Crippen LogP contribution in [0.5, 0.6) is 0 Å². The van der Waals surface area contributed by atoms with Crippen LogP contribution in [0.25, 0.3) is 0 Å². The largest absolute Gasteiger partial charge is 0.306 e. The van der Waals surface area contributed by atoms with Gasteiger partial charge in [-0.3, -0.25) is 0 Å². The van der Waals surface area contributed by atoms with Gasteiger partial charge in [0.15, 0.2) is 11.6 Å². The van der Waals surface area contributed by atoms with Crippen LogP contribution < -0.4 is 0 Å². The highest BCUT2D eigenvalue weighted by Crippen LogP contribution is 2.28. The smallest absolute Gasteiger partial charge is 0.162 e. The summed E-state index contributed by atoms with van der Waals surface area (Å²) in [6.45, 7) is 1.87. The standard InChI is InChI=1S/C13H17F2N/c1-16-8-3-2-5-10(9-16)11-6-4-7-12(14)13(11)15/h4,6-7,10H,2-3,5,8-9H2,1H3. The second-order valence-corrected chi connectivity index (χ2v) is 4.60. The number of hydrogen-bond acceptors (Lipinski definition) is 1. The van der Waals surface area contributed by atoms with Gasteiger partial charge in [0.25, 0.3) is 0 Å². The van der Waals surface area contributed by atoms with Crippen LogP contribution in [-0.4, -0.2) is 25.0 Å². The van der Waals surface area contributed by atoms with E-state index in [0.717, 1.165) is 32.4 Å². The first-order chi connectivity index (χ1) is 7.68. The Morgan fingerprint density at radius 1 is 1.25 bits per heavy atom. The fourth-order valence-electron chi connectivity index (χ4n) is 2.42. The number of likely N-dealkylation sites (tertiary alicyclic amines) is 1. The summed E-state index contributed by atoms with van der Waals surface area (Å²) in [7, 11) is 2.04. The quantitative estimate of drug-likeness (QED) is 0.709. The third kappa shape index (κ3) is 2.40. The highest BCUT2D eigenvalue weighted by Gasteiger charge is 2.21. The van der Waals surface area contributed by atoms with Gasteiger partial charge in [-0.05, 0) is 44.0 Å². The van der Waals surface area contributed by atoms with Crippen LogP contribution in [0.15, 0.2) is 18.2 Å². The molecule has 0 spiro atoms. The number of rotatable bonds is 1. The molecule has 1 aliphatic rings. The topological polar surface area (TPSA) is 3.24 Å². The molecule has 0 N–H and O–H groups in total. The van der Waals surface area contributed by atoms with Crippen molar-refractivity contribution in [1.82, 2.24) is 4.90 Å². The maximum absolute atomic E-state index is 13.7. The lowest BCUT2D eigenvalue weighted by Gasteiger charge is -2.20. The molecule has 1 atom stereocenters. The van der Waals surface area contributed by atoms with E-state index < -0.39 is 11.6 Å². The van der Waals surface area contributed by atoms with E-state index in [2.05, 4.69) is 4.90 Å². The summed E-state index contributed by atoms with van der Waals surface area (Å²) in [6.07, 6.45) is 3.18. The Balaban J connectivity index is 2.24. The zero-order valence-corrected chi connectivity index (χ0v) is 9.55. The van der Waals surface area contributed by atoms with Crippen molar-refractivity contribution in [2.45, 2.75) is 25.2 Å². The van der Waals surface area contributed by atoms with Crippen LogP contribution in [0.3, 0.4) is 0 Å². The lowest BCUT2D eigenvalue weighted by molar-refractivity contribution is 0.328. The molecule has 1 unspecified atom stereocenters. The first kappa shape index (κ1) is 11.5. The molecule has 88 valence electrons. The number of likely N-dealkylation sites (N-methyl/N-ethyl adjacent to an activating group) is 1. The van der Waals surface area contributed by atoms with Crippen molar-refractivity contribution in [3.05, 3.63) is 35.4 Å². The van der Waals surface area contributed by atoms with Crippen molar-refractivity contribution in [3.63, 3.8) is 0 Å². The summed E-state index contributed by atoms with van der Waals surface area (Å²) in [6, 6.07) is 4.49. The fraction of sp³-hybridized carbons (Fsp3) is 0.538. The Labute approximate surface area is 95.1 Å². The molecule has 1 fully saturated rings. The van der Waals surface area contributed by atoms with Crippen LogP contribution in [0, 0.1) is 11.6 Å². The van der Waals surface area contributed by atoms with E-state index in [4.69, 9.17) is 0 Å². The molecule has 1 heterocycles. The zero-order chi connectivity index (χ0) is 11.5. The average molecular weight is 225 g/mol. The summed E-state index contributed by atoms with van der Waals surface area (Å²) in [5.74, 6) is -1.27. The Kier molecular flexibility index (Phi) is 3.54. The summed E-state index contributed by atoms with van der Waals surface area (Å²) in [5, 5.41) is 0. The van der Waals surface area contributed by atoms with E-state index in [1.54, 1.807) is 12.1 Å². The molecule has 0 bridgehead atoms. The van der Waals surface area contributed by atoms with E-state index in [0.29, 0.717) is 5.56 Å². The molecular weight excluding hydrogens is 208 g/mol. The molecule has 3 heteroatoms. The van der Waals surface area contributed by atoms with Gasteiger partial charge in [-0.2, -0.15) is 0 Å². The summed E-state index contributed by atoms with van der Waals surface area (Å²) in [4.78, 5) is 2.20. The van der Waals surface area contributed by atoms with Gasteiger partial charge in [0, 0.05) is 6.54 Å². The first-order valence-corrected chi connectivity index (χ1v) is 5.81. The first-order valence-electron chi connectivity index (χ1n) is 5.81. The van der Waals surface area contributed by atoms with Crippen molar-refractivity contribution in [1.29, 1.82) is 0 Å². The normalized spacial score (nSPS) is 23.1. The molecule has 0 saturated carbocycles. The summed E-state index contributed by atoms with van der Waals surface area (Å²) in [5.41, 5.74) is 0.536. The van der Waals surface area contributed by atoms with Gasteiger partial charge in [0.1, 0.15) is 0 Å². The number of benzene rings is 1. The Morgan fingerprint density at radius 3 is 2.88 bits per heavy atom. The van der Waals surface area contributed by atoms with E-state index in [9.17, 15) is 8.78 Å². The van der Waals surface area contributed by atoms with Gasteiger partial charge in [0.2, 0.25) is 0 Å². The predicted molar refractivity (Wildman–Crippen MR) is 60.4 cm³/mol. The second kappa shape index (κ2) is 4.91. The number of hydrogen-bond donors (Lipinski definition) is 0. The zero-order valence-electron chi connectivity index (χ0n) is 9.55. The summed E-state index contributed by atoms with van der Waals surface area (Å²) < 4.78 is 26.8. The maximum Gasteiger partial charge on any atom is 0.162 e. The number of nitrogens with zero attached hydrogens (tertiary/aromatic N) is 1. The van der Waals surface area contributed by atoms with Crippen LogP contribution >= 0.6 is 0 Å². The molecule has 0 amide bonds.